The van der Waals surface area contributed by atoms with E-state index in [-0.39, 0.29) is 11.7 Å². The molecule has 0 bridgehead atoms. The van der Waals surface area contributed by atoms with E-state index in [1.165, 1.54) is 16.2 Å². The molecule has 142 valence electrons. The second-order valence-corrected chi connectivity index (χ2v) is 7.78. The van der Waals surface area contributed by atoms with Gasteiger partial charge in [-0.2, -0.15) is 0 Å². The van der Waals surface area contributed by atoms with Crippen LogP contribution in [0.1, 0.15) is 38.7 Å². The molecule has 0 aliphatic carbocycles. The highest BCUT2D eigenvalue weighted by molar-refractivity contribution is 7.13. The van der Waals surface area contributed by atoms with Crippen molar-refractivity contribution in [1.29, 1.82) is 0 Å². The van der Waals surface area contributed by atoms with Gasteiger partial charge in [0.15, 0.2) is 5.13 Å². The summed E-state index contributed by atoms with van der Waals surface area (Å²) in [5, 5.41) is 15.4. The van der Waals surface area contributed by atoms with Crippen LogP contribution in [0, 0.1) is 13.8 Å². The molecule has 0 spiro atoms. The van der Waals surface area contributed by atoms with Gasteiger partial charge in [-0.3, -0.25) is 14.9 Å². The van der Waals surface area contributed by atoms with Crippen molar-refractivity contribution in [1.82, 2.24) is 9.88 Å². The summed E-state index contributed by atoms with van der Waals surface area (Å²) in [7, 11) is 0. The Bertz CT molecular complexity index is 1060. The fourth-order valence-corrected chi connectivity index (χ4v) is 3.98. The van der Waals surface area contributed by atoms with Gasteiger partial charge in [0, 0.05) is 29.2 Å². The van der Waals surface area contributed by atoms with Crippen molar-refractivity contribution in [3.05, 3.63) is 75.8 Å². The fourth-order valence-electron chi connectivity index (χ4n) is 3.45. The lowest BCUT2D eigenvalue weighted by Crippen LogP contribution is -2.37. The molecule has 1 unspecified atom stereocenters. The van der Waals surface area contributed by atoms with Gasteiger partial charge in [0.1, 0.15) is 11.8 Å². The molecule has 1 aliphatic heterocycles. The zero-order valence-electron chi connectivity index (χ0n) is 15.5. The molecule has 4 rings (SSSR count). The number of anilines is 1. The van der Waals surface area contributed by atoms with Crippen LogP contribution >= 0.6 is 11.3 Å². The second-order valence-electron chi connectivity index (χ2n) is 6.88. The highest BCUT2D eigenvalue weighted by Crippen LogP contribution is 2.36. The Morgan fingerprint density at radius 1 is 1.21 bits per heavy atom. The molecule has 1 aromatic heterocycles. The molecule has 7 heteroatoms. The van der Waals surface area contributed by atoms with Crippen LogP contribution in [0.3, 0.4) is 0 Å². The van der Waals surface area contributed by atoms with Crippen LogP contribution < -0.4 is 5.32 Å². The monoisotopic (exact) mass is 393 g/mol. The van der Waals surface area contributed by atoms with Crippen molar-refractivity contribution in [3.8, 4) is 5.75 Å². The van der Waals surface area contributed by atoms with E-state index in [4.69, 9.17) is 0 Å². The normalized spacial score (nSPS) is 14.1. The smallest absolute Gasteiger partial charge is 0.255 e. The first-order valence-electron chi connectivity index (χ1n) is 8.84. The molecule has 28 heavy (non-hydrogen) atoms. The van der Waals surface area contributed by atoms with E-state index in [1.54, 1.807) is 29.8 Å². The van der Waals surface area contributed by atoms with Crippen molar-refractivity contribution >= 4 is 28.3 Å². The van der Waals surface area contributed by atoms with Crippen LogP contribution in [0.15, 0.2) is 48.0 Å². The minimum absolute atomic E-state index is 0.0233. The third-order valence-corrected chi connectivity index (χ3v) is 5.49. The lowest BCUT2D eigenvalue weighted by atomic mass is 10.0. The van der Waals surface area contributed by atoms with E-state index in [0.717, 1.165) is 16.7 Å². The highest BCUT2D eigenvalue weighted by atomic mass is 32.1. The predicted octanol–water partition coefficient (Wildman–Crippen LogP) is 3.80. The van der Waals surface area contributed by atoms with Gasteiger partial charge in [-0.25, -0.2) is 4.98 Å². The first-order chi connectivity index (χ1) is 13.4. The van der Waals surface area contributed by atoms with E-state index in [2.05, 4.69) is 10.3 Å². The van der Waals surface area contributed by atoms with Gasteiger partial charge in [0.25, 0.3) is 11.8 Å². The van der Waals surface area contributed by atoms with E-state index in [0.29, 0.717) is 22.8 Å². The Morgan fingerprint density at radius 2 is 1.96 bits per heavy atom. The van der Waals surface area contributed by atoms with Gasteiger partial charge >= 0.3 is 0 Å². The number of aromatic hydroxyl groups is 1. The maximum absolute atomic E-state index is 13.2. The Balaban J connectivity index is 1.76. The number of carbonyl (C=O) groups is 2. The topological polar surface area (TPSA) is 82.5 Å². The molecular formula is C21H19N3O3S. The Kier molecular flexibility index (Phi) is 4.60. The number of benzene rings is 2. The highest BCUT2D eigenvalue weighted by Gasteiger charge is 2.39. The molecule has 0 fully saturated rings. The Morgan fingerprint density at radius 3 is 2.71 bits per heavy atom. The zero-order chi connectivity index (χ0) is 19.8. The van der Waals surface area contributed by atoms with Gasteiger partial charge in [-0.15, -0.1) is 11.3 Å². The number of hydrogen-bond donors (Lipinski definition) is 2. The van der Waals surface area contributed by atoms with Gasteiger partial charge in [0.05, 0.1) is 0 Å². The molecule has 0 saturated heterocycles. The van der Waals surface area contributed by atoms with Crippen molar-refractivity contribution in [3.63, 3.8) is 0 Å². The van der Waals surface area contributed by atoms with E-state index < -0.39 is 11.9 Å². The maximum atomic E-state index is 13.2. The summed E-state index contributed by atoms with van der Waals surface area (Å²) in [6.07, 6.45) is 1.60. The number of nitrogens with one attached hydrogen (secondary N) is 1. The Labute approximate surface area is 166 Å². The summed E-state index contributed by atoms with van der Waals surface area (Å²) in [6, 6.07) is 9.78. The van der Waals surface area contributed by atoms with Crippen molar-refractivity contribution < 1.29 is 14.7 Å². The number of amides is 2. The van der Waals surface area contributed by atoms with Crippen LogP contribution in [0.4, 0.5) is 5.13 Å². The number of nitrogens with zero attached hydrogens (tertiary/aromatic N) is 2. The molecule has 2 aromatic carbocycles. The standard InChI is InChI=1S/C21H19N3O3S/c1-12-3-5-14-11-24(20(27)15(14)9-12)18(16-10-13(2)4-6-17(16)25)19(26)23-21-22-7-8-28-21/h3-10,18,25H,11H2,1-2H3,(H,22,23,26). The Hall–Kier alpha value is -3.19. The van der Waals surface area contributed by atoms with E-state index >= 15 is 0 Å². The minimum atomic E-state index is -0.969. The summed E-state index contributed by atoms with van der Waals surface area (Å²) >= 11 is 1.29. The van der Waals surface area contributed by atoms with Crippen molar-refractivity contribution in [2.75, 3.05) is 5.32 Å². The molecule has 1 aliphatic rings. The number of hydrogen-bond acceptors (Lipinski definition) is 5. The molecule has 2 heterocycles. The van der Waals surface area contributed by atoms with Crippen molar-refractivity contribution in [2.45, 2.75) is 26.4 Å². The summed E-state index contributed by atoms with van der Waals surface area (Å²) in [6.45, 7) is 4.11. The van der Waals surface area contributed by atoms with Crippen molar-refractivity contribution in [2.24, 2.45) is 0 Å². The number of phenolic OH excluding ortho intramolecular Hbond substituents is 1. The molecule has 2 N–H and O–H groups in total. The first kappa shape index (κ1) is 18.2. The average molecular weight is 393 g/mol. The van der Waals surface area contributed by atoms with Crippen LogP contribution in [0.25, 0.3) is 0 Å². The quantitative estimate of drug-likeness (QED) is 0.706. The van der Waals surface area contributed by atoms with Gasteiger partial charge in [-0.1, -0.05) is 29.3 Å². The number of rotatable bonds is 4. The zero-order valence-corrected chi connectivity index (χ0v) is 16.3. The van der Waals surface area contributed by atoms with Gasteiger partial charge in [-0.05, 0) is 37.6 Å². The molecule has 0 radical (unpaired) electrons. The summed E-state index contributed by atoms with van der Waals surface area (Å²) in [5.41, 5.74) is 3.73. The first-order valence-corrected chi connectivity index (χ1v) is 9.72. The SMILES string of the molecule is Cc1ccc2c(c1)C(=O)N(C(C(=O)Nc1nccs1)c1cc(C)ccc1O)C2. The fraction of sp³-hybridized carbons (Fsp3) is 0.190. The summed E-state index contributed by atoms with van der Waals surface area (Å²) in [5.74, 6) is -0.655. The molecule has 3 aromatic rings. The molecule has 1 atom stereocenters. The minimum Gasteiger partial charge on any atom is -0.508 e. The van der Waals surface area contributed by atoms with Gasteiger partial charge in [0.2, 0.25) is 0 Å². The number of thiazole rings is 1. The van der Waals surface area contributed by atoms with Crippen LogP contribution in [-0.2, 0) is 11.3 Å². The number of aryl methyl sites for hydroxylation is 2. The molecule has 2 amide bonds. The molecule has 0 saturated carbocycles. The molecule has 6 nitrogen and oxygen atoms in total. The van der Waals surface area contributed by atoms with Crippen LogP contribution in [0.2, 0.25) is 0 Å². The number of phenols is 1. The largest absolute Gasteiger partial charge is 0.508 e. The number of fused-ring (bicyclic) bond motifs is 1. The third-order valence-electron chi connectivity index (χ3n) is 4.80. The number of carbonyl (C=O) groups excluding carboxylic acids is 2. The lowest BCUT2D eigenvalue weighted by Gasteiger charge is -2.27. The van der Waals surface area contributed by atoms with Gasteiger partial charge < -0.3 is 10.0 Å². The van der Waals surface area contributed by atoms with Crippen LogP contribution in [-0.4, -0.2) is 26.8 Å². The number of aromatic nitrogens is 1. The predicted molar refractivity (Wildman–Crippen MR) is 107 cm³/mol. The van der Waals surface area contributed by atoms with E-state index in [9.17, 15) is 14.7 Å². The lowest BCUT2D eigenvalue weighted by molar-refractivity contribution is -0.120. The second kappa shape index (κ2) is 7.09. The third kappa shape index (κ3) is 3.25. The average Bonchev–Trinajstić information content (AvgIpc) is 3.27. The maximum Gasteiger partial charge on any atom is 0.255 e. The van der Waals surface area contributed by atoms with Crippen LogP contribution in [0.5, 0.6) is 5.75 Å². The molecular weight excluding hydrogens is 374 g/mol. The summed E-state index contributed by atoms with van der Waals surface area (Å²) < 4.78 is 0. The van der Waals surface area contributed by atoms with E-state index in [1.807, 2.05) is 32.0 Å². The summed E-state index contributed by atoms with van der Waals surface area (Å²) in [4.78, 5) is 31.9.